The van der Waals surface area contributed by atoms with Gasteiger partial charge in [0.15, 0.2) is 0 Å². The van der Waals surface area contributed by atoms with Crippen LogP contribution in [0.25, 0.3) is 0 Å². The van der Waals surface area contributed by atoms with Crippen molar-refractivity contribution in [2.75, 3.05) is 5.01 Å². The highest BCUT2D eigenvalue weighted by Gasteiger charge is 2.35. The molecule has 0 bridgehead atoms. The van der Waals surface area contributed by atoms with Crippen molar-refractivity contribution in [1.29, 1.82) is 0 Å². The van der Waals surface area contributed by atoms with Crippen LogP contribution >= 0.6 is 11.6 Å². The van der Waals surface area contributed by atoms with Crippen molar-refractivity contribution in [2.45, 2.75) is 43.9 Å². The summed E-state index contributed by atoms with van der Waals surface area (Å²) in [5.74, 6) is 7.05. The number of nitrogens with zero attached hydrogens (tertiary/aromatic N) is 2. The lowest BCUT2D eigenvalue weighted by Crippen LogP contribution is -2.46. The normalized spacial score (nSPS) is 22.9. The largest absolute Gasteiger partial charge is 0.286 e. The molecule has 3 rings (SSSR count). The first kappa shape index (κ1) is 15.8. The van der Waals surface area contributed by atoms with Crippen molar-refractivity contribution >= 4 is 33.1 Å². The lowest BCUT2D eigenvalue weighted by Gasteiger charge is -2.34. The molecule has 1 aliphatic carbocycles. The molecule has 0 radical (unpaired) electrons. The van der Waals surface area contributed by atoms with E-state index in [1.165, 1.54) is 30.3 Å². The Morgan fingerprint density at radius 1 is 1.32 bits per heavy atom. The molecule has 2 N–H and O–H groups in total. The number of hydrogen-bond acceptors (Lipinski definition) is 4. The Bertz CT molecular complexity index is 711. The molecule has 1 fully saturated rings. The zero-order valence-electron chi connectivity index (χ0n) is 12.5. The molecule has 1 saturated carbocycles. The van der Waals surface area contributed by atoms with Crippen LogP contribution in [-0.2, 0) is 10.0 Å². The van der Waals surface area contributed by atoms with Gasteiger partial charge in [-0.2, -0.15) is 8.42 Å². The zero-order valence-corrected chi connectivity index (χ0v) is 14.1. The predicted molar refractivity (Wildman–Crippen MR) is 88.5 cm³/mol. The number of hydrogen-bond donors (Lipinski definition) is 1. The topological polar surface area (TPSA) is 75.8 Å². The summed E-state index contributed by atoms with van der Waals surface area (Å²) in [4.78, 5) is 0.0714. The molecule has 1 aromatic carbocycles. The molecule has 120 valence electrons. The third-order valence-corrected chi connectivity index (χ3v) is 6.23. The van der Waals surface area contributed by atoms with E-state index in [2.05, 4.69) is 4.40 Å². The minimum atomic E-state index is -3.75. The van der Waals surface area contributed by atoms with E-state index < -0.39 is 10.0 Å². The lowest BCUT2D eigenvalue weighted by atomic mass is 9.80. The van der Waals surface area contributed by atoms with E-state index in [4.69, 9.17) is 17.4 Å². The van der Waals surface area contributed by atoms with Gasteiger partial charge in [-0.1, -0.05) is 37.8 Å². The molecular formula is C15H20ClN3O2S. The number of sulfonamides is 1. The molecule has 2 aliphatic rings. The van der Waals surface area contributed by atoms with Crippen LogP contribution in [0.2, 0.25) is 5.02 Å². The summed E-state index contributed by atoms with van der Waals surface area (Å²) >= 11 is 5.90. The molecule has 0 aromatic heterocycles. The van der Waals surface area contributed by atoms with Crippen LogP contribution in [0, 0.1) is 11.8 Å². The van der Waals surface area contributed by atoms with Gasteiger partial charge in [0.05, 0.1) is 5.69 Å². The molecular weight excluding hydrogens is 322 g/mol. The van der Waals surface area contributed by atoms with Gasteiger partial charge in [-0.15, -0.1) is 4.40 Å². The summed E-state index contributed by atoms with van der Waals surface area (Å²) in [6.07, 6.45) is 5.82. The Morgan fingerprint density at radius 2 is 2.00 bits per heavy atom. The van der Waals surface area contributed by atoms with Crippen molar-refractivity contribution in [3.05, 3.63) is 23.2 Å². The number of halogens is 1. The van der Waals surface area contributed by atoms with Crippen molar-refractivity contribution in [2.24, 2.45) is 22.1 Å². The molecule has 1 aliphatic heterocycles. The second-order valence-corrected chi connectivity index (χ2v) is 8.10. The number of rotatable bonds is 2. The summed E-state index contributed by atoms with van der Waals surface area (Å²) in [6.45, 7) is 2.02. The maximum absolute atomic E-state index is 12.4. The molecule has 0 saturated heterocycles. The van der Waals surface area contributed by atoms with Gasteiger partial charge in [0.1, 0.15) is 10.7 Å². The van der Waals surface area contributed by atoms with E-state index in [0.29, 0.717) is 22.5 Å². The van der Waals surface area contributed by atoms with E-state index in [0.717, 1.165) is 12.8 Å². The average molecular weight is 342 g/mol. The number of hydrazine groups is 1. The van der Waals surface area contributed by atoms with Gasteiger partial charge >= 0.3 is 0 Å². The van der Waals surface area contributed by atoms with Gasteiger partial charge in [-0.05, 0) is 37.0 Å². The number of amidine groups is 1. The van der Waals surface area contributed by atoms with Crippen molar-refractivity contribution in [3.8, 4) is 0 Å². The Hall–Kier alpha value is -1.11. The highest BCUT2D eigenvalue weighted by molar-refractivity contribution is 7.90. The average Bonchev–Trinajstić information content (AvgIpc) is 2.51. The third-order valence-electron chi connectivity index (χ3n) is 4.68. The first-order valence-corrected chi connectivity index (χ1v) is 9.41. The van der Waals surface area contributed by atoms with E-state index in [1.54, 1.807) is 12.1 Å². The summed E-state index contributed by atoms with van der Waals surface area (Å²) in [7, 11) is -3.75. The van der Waals surface area contributed by atoms with Gasteiger partial charge in [0.25, 0.3) is 10.0 Å². The summed E-state index contributed by atoms with van der Waals surface area (Å²) in [5.41, 5.74) is 0.442. The highest BCUT2D eigenvalue weighted by Crippen LogP contribution is 2.37. The number of anilines is 1. The van der Waals surface area contributed by atoms with Crippen molar-refractivity contribution < 1.29 is 8.42 Å². The fraction of sp³-hybridized carbons (Fsp3) is 0.533. The molecule has 5 nitrogen and oxygen atoms in total. The lowest BCUT2D eigenvalue weighted by molar-refractivity contribution is 0.310. The second kappa shape index (κ2) is 5.83. The molecule has 0 amide bonds. The quantitative estimate of drug-likeness (QED) is 0.837. The smallest absolute Gasteiger partial charge is 0.264 e. The number of nitrogens with two attached hydrogens (primary N) is 1. The van der Waals surface area contributed by atoms with Crippen LogP contribution in [0.4, 0.5) is 5.69 Å². The van der Waals surface area contributed by atoms with E-state index >= 15 is 0 Å². The second-order valence-electron chi connectivity index (χ2n) is 6.09. The number of benzene rings is 1. The molecule has 22 heavy (non-hydrogen) atoms. The fourth-order valence-electron chi connectivity index (χ4n) is 3.38. The maximum atomic E-state index is 12.4. The van der Waals surface area contributed by atoms with Gasteiger partial charge in [-0.3, -0.25) is 5.01 Å². The van der Waals surface area contributed by atoms with Crippen LogP contribution in [0.5, 0.6) is 0 Å². The first-order valence-electron chi connectivity index (χ1n) is 7.59. The van der Waals surface area contributed by atoms with Crippen molar-refractivity contribution in [3.63, 3.8) is 0 Å². The molecule has 0 unspecified atom stereocenters. The fourth-order valence-corrected chi connectivity index (χ4v) is 4.92. The standard InChI is InChI=1S/C15H20ClN3O2S/c1-10(11-5-3-2-4-6-11)15-18-22(20,21)14-9-12(16)7-8-13(14)19(15)17/h7-11H,2-6,17H2,1H3/t10-/m0/s1. The van der Waals surface area contributed by atoms with E-state index in [-0.39, 0.29) is 10.8 Å². The summed E-state index contributed by atoms with van der Waals surface area (Å²) in [6, 6.07) is 4.68. The van der Waals surface area contributed by atoms with Crippen LogP contribution in [0.1, 0.15) is 39.0 Å². The van der Waals surface area contributed by atoms with Crippen LogP contribution in [0.3, 0.4) is 0 Å². The third kappa shape index (κ3) is 2.75. The zero-order chi connectivity index (χ0) is 15.9. The summed E-state index contributed by atoms with van der Waals surface area (Å²) in [5, 5.41) is 1.76. The van der Waals surface area contributed by atoms with Gasteiger partial charge in [0.2, 0.25) is 0 Å². The highest BCUT2D eigenvalue weighted by atomic mass is 35.5. The monoisotopic (exact) mass is 341 g/mol. The van der Waals surface area contributed by atoms with Crippen LogP contribution in [0.15, 0.2) is 27.5 Å². The minimum Gasteiger partial charge on any atom is -0.264 e. The van der Waals surface area contributed by atoms with Crippen LogP contribution in [-0.4, -0.2) is 14.3 Å². The summed E-state index contributed by atoms with van der Waals surface area (Å²) < 4.78 is 28.9. The van der Waals surface area contributed by atoms with Crippen molar-refractivity contribution in [1.82, 2.24) is 0 Å². The van der Waals surface area contributed by atoms with E-state index in [9.17, 15) is 8.42 Å². The molecule has 7 heteroatoms. The molecule has 1 heterocycles. The molecule has 1 aromatic rings. The van der Waals surface area contributed by atoms with E-state index in [1.807, 2.05) is 6.92 Å². The SMILES string of the molecule is C[C@H](C1=NS(=O)(=O)c2cc(Cl)ccc2N1N)C1CCCCC1. The Balaban J connectivity index is 2.00. The maximum Gasteiger partial charge on any atom is 0.286 e. The van der Waals surface area contributed by atoms with Gasteiger partial charge < -0.3 is 0 Å². The Morgan fingerprint density at radius 3 is 2.68 bits per heavy atom. The molecule has 1 atom stereocenters. The predicted octanol–water partition coefficient (Wildman–Crippen LogP) is 3.34. The minimum absolute atomic E-state index is 0.0175. The molecule has 0 spiro atoms. The Labute approximate surface area is 136 Å². The first-order chi connectivity index (χ1) is 10.4. The Kier molecular flexibility index (Phi) is 4.18. The number of fused-ring (bicyclic) bond motifs is 1. The van der Waals surface area contributed by atoms with Gasteiger partial charge in [-0.25, -0.2) is 5.84 Å². The van der Waals surface area contributed by atoms with Gasteiger partial charge in [0, 0.05) is 10.9 Å². The van der Waals surface area contributed by atoms with Crippen LogP contribution < -0.4 is 10.9 Å².